The lowest BCUT2D eigenvalue weighted by Gasteiger charge is -2.10. The number of ether oxygens (including phenoxy) is 2. The van der Waals surface area contributed by atoms with Gasteiger partial charge < -0.3 is 9.47 Å². The molecule has 0 saturated carbocycles. The first-order valence-corrected chi connectivity index (χ1v) is 6.26. The van der Waals surface area contributed by atoms with E-state index in [-0.39, 0.29) is 0 Å². The van der Waals surface area contributed by atoms with Crippen molar-refractivity contribution >= 4 is 11.6 Å². The van der Waals surface area contributed by atoms with Crippen LogP contribution in [-0.4, -0.2) is 11.6 Å². The quantitative estimate of drug-likeness (QED) is 0.764. The zero-order valence-electron chi connectivity index (χ0n) is 10.1. The second-order valence-corrected chi connectivity index (χ2v) is 3.89. The van der Waals surface area contributed by atoms with Gasteiger partial charge in [0.05, 0.1) is 18.7 Å². The Bertz CT molecular complexity index is 517. The molecule has 4 heteroatoms. The molecule has 0 amide bonds. The van der Waals surface area contributed by atoms with Crippen molar-refractivity contribution in [2.75, 3.05) is 6.61 Å². The molecule has 0 unspecified atom stereocenters. The van der Waals surface area contributed by atoms with Crippen LogP contribution >= 0.6 is 11.6 Å². The normalized spacial score (nSPS) is 10.1. The molecule has 1 aromatic heterocycles. The SMILES string of the molecule is CCOc1cccc(Oc2cnccc2CCl)c1. The summed E-state index contributed by atoms with van der Waals surface area (Å²) in [5, 5.41) is 0. The van der Waals surface area contributed by atoms with Gasteiger partial charge in [0.25, 0.3) is 0 Å². The van der Waals surface area contributed by atoms with Crippen LogP contribution in [0.1, 0.15) is 12.5 Å². The molecule has 1 aromatic carbocycles. The maximum atomic E-state index is 5.85. The van der Waals surface area contributed by atoms with Crippen molar-refractivity contribution in [2.24, 2.45) is 0 Å². The van der Waals surface area contributed by atoms with Crippen LogP contribution in [-0.2, 0) is 5.88 Å². The lowest BCUT2D eigenvalue weighted by atomic mass is 10.3. The van der Waals surface area contributed by atoms with Crippen molar-refractivity contribution in [3.8, 4) is 17.2 Å². The zero-order valence-corrected chi connectivity index (χ0v) is 10.9. The lowest BCUT2D eigenvalue weighted by Crippen LogP contribution is -1.93. The molecule has 0 radical (unpaired) electrons. The van der Waals surface area contributed by atoms with E-state index in [0.29, 0.717) is 24.0 Å². The minimum Gasteiger partial charge on any atom is -0.494 e. The molecule has 0 fully saturated rings. The highest BCUT2D eigenvalue weighted by atomic mass is 35.5. The Morgan fingerprint density at radius 2 is 2.06 bits per heavy atom. The second kappa shape index (κ2) is 6.26. The Morgan fingerprint density at radius 1 is 1.22 bits per heavy atom. The monoisotopic (exact) mass is 263 g/mol. The Kier molecular flexibility index (Phi) is 4.42. The maximum Gasteiger partial charge on any atom is 0.150 e. The molecule has 0 saturated heterocycles. The van der Waals surface area contributed by atoms with Crippen molar-refractivity contribution in [1.82, 2.24) is 4.98 Å². The van der Waals surface area contributed by atoms with Crippen molar-refractivity contribution in [1.29, 1.82) is 0 Å². The van der Waals surface area contributed by atoms with Gasteiger partial charge in [-0.2, -0.15) is 0 Å². The van der Waals surface area contributed by atoms with Gasteiger partial charge in [-0.05, 0) is 25.1 Å². The van der Waals surface area contributed by atoms with E-state index in [0.717, 1.165) is 11.3 Å². The van der Waals surface area contributed by atoms with E-state index in [4.69, 9.17) is 21.1 Å². The molecule has 0 bridgehead atoms. The van der Waals surface area contributed by atoms with E-state index in [1.807, 2.05) is 37.3 Å². The summed E-state index contributed by atoms with van der Waals surface area (Å²) in [4.78, 5) is 4.03. The molecule has 0 aliphatic heterocycles. The van der Waals surface area contributed by atoms with Crippen molar-refractivity contribution in [3.63, 3.8) is 0 Å². The molecule has 0 aliphatic carbocycles. The van der Waals surface area contributed by atoms with Gasteiger partial charge in [-0.25, -0.2) is 0 Å². The third-order valence-electron chi connectivity index (χ3n) is 2.36. The first kappa shape index (κ1) is 12.7. The average Bonchev–Trinajstić information content (AvgIpc) is 2.40. The number of rotatable bonds is 5. The van der Waals surface area contributed by atoms with E-state index in [2.05, 4.69) is 4.98 Å². The number of alkyl halides is 1. The molecule has 2 rings (SSSR count). The van der Waals surface area contributed by atoms with Crippen LogP contribution < -0.4 is 9.47 Å². The predicted molar refractivity (Wildman–Crippen MR) is 71.5 cm³/mol. The molecule has 0 spiro atoms. The molecule has 2 aromatic rings. The van der Waals surface area contributed by atoms with Crippen LogP contribution in [0, 0.1) is 0 Å². The minimum absolute atomic E-state index is 0.392. The van der Waals surface area contributed by atoms with Crippen LogP contribution in [0.15, 0.2) is 42.7 Å². The fraction of sp³-hybridized carbons (Fsp3) is 0.214. The number of aromatic nitrogens is 1. The van der Waals surface area contributed by atoms with Gasteiger partial charge in [0.15, 0.2) is 0 Å². The van der Waals surface area contributed by atoms with Crippen LogP contribution in [0.25, 0.3) is 0 Å². The highest BCUT2D eigenvalue weighted by Gasteiger charge is 2.04. The van der Waals surface area contributed by atoms with Gasteiger partial charge in [-0.15, -0.1) is 11.6 Å². The summed E-state index contributed by atoms with van der Waals surface area (Å²) >= 11 is 5.85. The van der Waals surface area contributed by atoms with Crippen LogP contribution in [0.3, 0.4) is 0 Å². The second-order valence-electron chi connectivity index (χ2n) is 3.63. The van der Waals surface area contributed by atoms with Crippen LogP contribution in [0.5, 0.6) is 17.2 Å². The van der Waals surface area contributed by atoms with Gasteiger partial charge in [-0.1, -0.05) is 6.07 Å². The number of halogens is 1. The lowest BCUT2D eigenvalue weighted by molar-refractivity contribution is 0.338. The third-order valence-corrected chi connectivity index (χ3v) is 2.65. The van der Waals surface area contributed by atoms with Crippen molar-refractivity contribution < 1.29 is 9.47 Å². The van der Waals surface area contributed by atoms with Crippen LogP contribution in [0.2, 0.25) is 0 Å². The van der Waals surface area contributed by atoms with Crippen LogP contribution in [0.4, 0.5) is 0 Å². The molecule has 18 heavy (non-hydrogen) atoms. The fourth-order valence-electron chi connectivity index (χ4n) is 1.53. The number of hydrogen-bond acceptors (Lipinski definition) is 3. The molecule has 0 N–H and O–H groups in total. The number of hydrogen-bond donors (Lipinski definition) is 0. The van der Waals surface area contributed by atoms with Gasteiger partial charge in [-0.3, -0.25) is 4.98 Å². The molecule has 1 heterocycles. The smallest absolute Gasteiger partial charge is 0.150 e. The van der Waals surface area contributed by atoms with Crippen molar-refractivity contribution in [2.45, 2.75) is 12.8 Å². The topological polar surface area (TPSA) is 31.4 Å². The first-order valence-electron chi connectivity index (χ1n) is 5.73. The minimum atomic E-state index is 0.392. The highest BCUT2D eigenvalue weighted by molar-refractivity contribution is 6.17. The average molecular weight is 264 g/mol. The summed E-state index contributed by atoms with van der Waals surface area (Å²) in [5.41, 5.74) is 0.911. The van der Waals surface area contributed by atoms with E-state index in [9.17, 15) is 0 Å². The van der Waals surface area contributed by atoms with E-state index >= 15 is 0 Å². The Labute approximate surface area is 111 Å². The summed E-state index contributed by atoms with van der Waals surface area (Å²) in [5.74, 6) is 2.55. The Balaban J connectivity index is 2.20. The Morgan fingerprint density at radius 3 is 2.83 bits per heavy atom. The number of pyridine rings is 1. The van der Waals surface area contributed by atoms with Gasteiger partial charge in [0.1, 0.15) is 17.2 Å². The number of benzene rings is 1. The summed E-state index contributed by atoms with van der Waals surface area (Å²) in [6.45, 7) is 2.57. The van der Waals surface area contributed by atoms with E-state index in [1.54, 1.807) is 12.4 Å². The molecule has 3 nitrogen and oxygen atoms in total. The maximum absolute atomic E-state index is 5.85. The highest BCUT2D eigenvalue weighted by Crippen LogP contribution is 2.27. The van der Waals surface area contributed by atoms with E-state index in [1.165, 1.54) is 0 Å². The fourth-order valence-corrected chi connectivity index (χ4v) is 1.75. The first-order chi connectivity index (χ1) is 8.83. The summed E-state index contributed by atoms with van der Waals surface area (Å²) in [6.07, 6.45) is 3.35. The van der Waals surface area contributed by atoms with Gasteiger partial charge in [0.2, 0.25) is 0 Å². The van der Waals surface area contributed by atoms with Gasteiger partial charge in [0, 0.05) is 17.8 Å². The molecular weight excluding hydrogens is 250 g/mol. The predicted octanol–water partition coefficient (Wildman–Crippen LogP) is 4.01. The number of nitrogens with zero attached hydrogens (tertiary/aromatic N) is 1. The molecule has 94 valence electrons. The Hall–Kier alpha value is -1.74. The molecule has 0 atom stereocenters. The third kappa shape index (κ3) is 3.14. The summed E-state index contributed by atoms with van der Waals surface area (Å²) in [7, 11) is 0. The summed E-state index contributed by atoms with van der Waals surface area (Å²) in [6, 6.07) is 9.33. The molecule has 0 aliphatic rings. The summed E-state index contributed by atoms with van der Waals surface area (Å²) < 4.78 is 11.2. The standard InChI is InChI=1S/C14H14ClNO2/c1-2-17-12-4-3-5-13(8-12)18-14-10-16-7-6-11(14)9-15/h3-8,10H,2,9H2,1H3. The molecular formula is C14H14ClNO2. The zero-order chi connectivity index (χ0) is 12.8. The van der Waals surface area contributed by atoms with Gasteiger partial charge >= 0.3 is 0 Å². The largest absolute Gasteiger partial charge is 0.494 e. The van der Waals surface area contributed by atoms with Crippen molar-refractivity contribution in [3.05, 3.63) is 48.3 Å². The van der Waals surface area contributed by atoms with E-state index < -0.39 is 0 Å².